The summed E-state index contributed by atoms with van der Waals surface area (Å²) in [4.78, 5) is 59.0. The van der Waals surface area contributed by atoms with E-state index in [0.29, 0.717) is 36.3 Å². The van der Waals surface area contributed by atoms with E-state index < -0.39 is 11.3 Å². The summed E-state index contributed by atoms with van der Waals surface area (Å²) in [5, 5.41) is 0. The van der Waals surface area contributed by atoms with Crippen LogP contribution in [0.3, 0.4) is 0 Å². The lowest BCUT2D eigenvalue weighted by molar-refractivity contribution is -0.142. The van der Waals surface area contributed by atoms with E-state index in [2.05, 4.69) is 4.98 Å². The number of rotatable bonds is 6. The fraction of sp³-hybridized carbons (Fsp3) is 0.400. The molecule has 33 heavy (non-hydrogen) atoms. The van der Waals surface area contributed by atoms with Crippen molar-refractivity contribution in [3.63, 3.8) is 0 Å². The zero-order chi connectivity index (χ0) is 23.6. The molecule has 3 heterocycles. The number of Topliss-reactive ketones (excluding diaryl/α,β-unsaturated/α-hetero) is 1. The van der Waals surface area contributed by atoms with Gasteiger partial charge in [0.1, 0.15) is 5.75 Å². The van der Waals surface area contributed by atoms with E-state index in [1.54, 1.807) is 53.7 Å². The Kier molecular flexibility index (Phi) is 6.26. The standard InChI is InChI=1S/C25H27N3O5/c1-27-21(29)13-25(24(27)32,19-9-3-4-10-20(19)33-2)14-22(30)28-12-6-8-18(16-28)23(31)17-7-5-11-26-15-17/h3-5,7,9-11,15,18H,6,8,12-14,16H2,1-2H3. The molecule has 8 nitrogen and oxygen atoms in total. The normalized spacial score (nSPS) is 23.0. The Morgan fingerprint density at radius 3 is 2.64 bits per heavy atom. The van der Waals surface area contributed by atoms with Crippen LogP contribution in [0.25, 0.3) is 0 Å². The lowest BCUT2D eigenvalue weighted by Crippen LogP contribution is -2.47. The molecule has 172 valence electrons. The molecule has 2 aliphatic heterocycles. The van der Waals surface area contributed by atoms with E-state index in [1.165, 1.54) is 14.2 Å². The number of ketones is 1. The maximum absolute atomic E-state index is 13.5. The molecular formula is C25H27N3O5. The predicted molar refractivity (Wildman–Crippen MR) is 120 cm³/mol. The highest BCUT2D eigenvalue weighted by atomic mass is 16.5. The molecule has 2 fully saturated rings. The number of imide groups is 1. The summed E-state index contributed by atoms with van der Waals surface area (Å²) in [6.45, 7) is 0.794. The van der Waals surface area contributed by atoms with Gasteiger partial charge in [-0.15, -0.1) is 0 Å². The zero-order valence-corrected chi connectivity index (χ0v) is 18.8. The number of pyridine rings is 1. The van der Waals surface area contributed by atoms with Crippen molar-refractivity contribution >= 4 is 23.5 Å². The average Bonchev–Trinajstić information content (AvgIpc) is 3.08. The second-order valence-corrected chi connectivity index (χ2v) is 8.68. The Balaban J connectivity index is 1.60. The van der Waals surface area contributed by atoms with Crippen LogP contribution in [-0.4, -0.2) is 65.5 Å². The first kappa shape index (κ1) is 22.6. The third kappa shape index (κ3) is 4.13. The third-order valence-corrected chi connectivity index (χ3v) is 6.71. The van der Waals surface area contributed by atoms with Gasteiger partial charge in [0.05, 0.1) is 12.5 Å². The van der Waals surface area contributed by atoms with Crippen molar-refractivity contribution in [1.82, 2.24) is 14.8 Å². The first-order valence-corrected chi connectivity index (χ1v) is 11.0. The number of aromatic nitrogens is 1. The van der Waals surface area contributed by atoms with Gasteiger partial charge in [-0.05, 0) is 31.0 Å². The van der Waals surface area contributed by atoms with Crippen molar-refractivity contribution in [2.24, 2.45) is 5.92 Å². The van der Waals surface area contributed by atoms with Gasteiger partial charge in [0.2, 0.25) is 17.7 Å². The predicted octanol–water partition coefficient (Wildman–Crippen LogP) is 2.23. The SMILES string of the molecule is COc1ccccc1C1(CC(=O)N2CCCC(C(=O)c3cccnc3)C2)CC(=O)N(C)C1=O. The van der Waals surface area contributed by atoms with Gasteiger partial charge >= 0.3 is 0 Å². The van der Waals surface area contributed by atoms with Gasteiger partial charge < -0.3 is 9.64 Å². The second-order valence-electron chi connectivity index (χ2n) is 8.68. The molecule has 0 spiro atoms. The number of amides is 3. The maximum atomic E-state index is 13.5. The minimum atomic E-state index is -1.32. The Hall–Kier alpha value is -3.55. The number of para-hydroxylation sites is 1. The van der Waals surface area contributed by atoms with Crippen LogP contribution in [0.1, 0.15) is 41.6 Å². The van der Waals surface area contributed by atoms with Crippen LogP contribution in [-0.2, 0) is 19.8 Å². The first-order valence-electron chi connectivity index (χ1n) is 11.0. The number of methoxy groups -OCH3 is 1. The van der Waals surface area contributed by atoms with Crippen LogP contribution in [0.4, 0.5) is 0 Å². The fourth-order valence-corrected chi connectivity index (χ4v) is 4.90. The van der Waals surface area contributed by atoms with Crippen molar-refractivity contribution in [3.8, 4) is 5.75 Å². The van der Waals surface area contributed by atoms with Crippen LogP contribution < -0.4 is 4.74 Å². The molecule has 0 saturated carbocycles. The van der Waals surface area contributed by atoms with Crippen molar-refractivity contribution in [3.05, 3.63) is 59.9 Å². The van der Waals surface area contributed by atoms with E-state index in [1.807, 2.05) is 0 Å². The average molecular weight is 450 g/mol. The molecule has 3 amide bonds. The summed E-state index contributed by atoms with van der Waals surface area (Å²) in [5.41, 5.74) is -0.264. The van der Waals surface area contributed by atoms with Crippen LogP contribution in [0.15, 0.2) is 48.8 Å². The minimum Gasteiger partial charge on any atom is -0.496 e. The Labute approximate surface area is 192 Å². The van der Waals surface area contributed by atoms with E-state index in [4.69, 9.17) is 4.74 Å². The highest BCUT2D eigenvalue weighted by Crippen LogP contribution is 2.43. The summed E-state index contributed by atoms with van der Waals surface area (Å²) in [7, 11) is 2.94. The summed E-state index contributed by atoms with van der Waals surface area (Å²) in [5.74, 6) is -0.886. The lowest BCUT2D eigenvalue weighted by atomic mass is 9.75. The van der Waals surface area contributed by atoms with E-state index in [9.17, 15) is 19.2 Å². The Bertz CT molecular complexity index is 1090. The number of piperidine rings is 1. The quantitative estimate of drug-likeness (QED) is 0.496. The largest absolute Gasteiger partial charge is 0.496 e. The van der Waals surface area contributed by atoms with E-state index in [0.717, 1.165) is 4.90 Å². The van der Waals surface area contributed by atoms with Crippen molar-refractivity contribution in [2.45, 2.75) is 31.1 Å². The minimum absolute atomic E-state index is 0.0353. The van der Waals surface area contributed by atoms with Gasteiger partial charge in [-0.3, -0.25) is 29.1 Å². The van der Waals surface area contributed by atoms with Crippen molar-refractivity contribution in [1.29, 1.82) is 0 Å². The molecule has 0 radical (unpaired) electrons. The first-order chi connectivity index (χ1) is 15.9. The number of ether oxygens (including phenoxy) is 1. The molecule has 1 aromatic heterocycles. The monoisotopic (exact) mass is 449 g/mol. The van der Waals surface area contributed by atoms with Crippen LogP contribution >= 0.6 is 0 Å². The van der Waals surface area contributed by atoms with Gasteiger partial charge in [0.15, 0.2) is 5.78 Å². The molecule has 4 rings (SSSR count). The number of carbonyl (C=O) groups is 4. The van der Waals surface area contributed by atoms with Crippen molar-refractivity contribution in [2.75, 3.05) is 27.2 Å². The number of benzene rings is 1. The number of likely N-dealkylation sites (N-methyl/N-ethyl adjacent to an activating group) is 1. The van der Waals surface area contributed by atoms with Crippen molar-refractivity contribution < 1.29 is 23.9 Å². The van der Waals surface area contributed by atoms with E-state index >= 15 is 0 Å². The number of likely N-dealkylation sites (tertiary alicyclic amines) is 2. The van der Waals surface area contributed by atoms with E-state index in [-0.39, 0.29) is 42.9 Å². The topological polar surface area (TPSA) is 96.9 Å². The number of hydrogen-bond donors (Lipinski definition) is 0. The highest BCUT2D eigenvalue weighted by Gasteiger charge is 2.54. The molecule has 0 N–H and O–H groups in total. The van der Waals surface area contributed by atoms with Crippen LogP contribution in [0, 0.1) is 5.92 Å². The van der Waals surface area contributed by atoms with Gasteiger partial charge in [0, 0.05) is 62.4 Å². The number of carbonyl (C=O) groups excluding carboxylic acids is 4. The maximum Gasteiger partial charge on any atom is 0.240 e. The molecule has 2 aliphatic rings. The number of nitrogens with zero attached hydrogens (tertiary/aromatic N) is 3. The molecule has 2 saturated heterocycles. The smallest absolute Gasteiger partial charge is 0.240 e. The molecule has 0 bridgehead atoms. The van der Waals surface area contributed by atoms with Crippen LogP contribution in [0.5, 0.6) is 5.75 Å². The summed E-state index contributed by atoms with van der Waals surface area (Å²) < 4.78 is 5.47. The van der Waals surface area contributed by atoms with Gasteiger partial charge in [0.25, 0.3) is 0 Å². The third-order valence-electron chi connectivity index (χ3n) is 6.71. The van der Waals surface area contributed by atoms with Gasteiger partial charge in [-0.1, -0.05) is 18.2 Å². The van der Waals surface area contributed by atoms with Gasteiger partial charge in [-0.25, -0.2) is 0 Å². The Morgan fingerprint density at radius 2 is 1.97 bits per heavy atom. The number of hydrogen-bond acceptors (Lipinski definition) is 6. The molecule has 2 unspecified atom stereocenters. The fourth-order valence-electron chi connectivity index (χ4n) is 4.90. The summed E-state index contributed by atoms with van der Waals surface area (Å²) >= 11 is 0. The van der Waals surface area contributed by atoms with Gasteiger partial charge in [-0.2, -0.15) is 0 Å². The molecule has 1 aromatic carbocycles. The molecule has 8 heteroatoms. The second kappa shape index (κ2) is 9.13. The molecular weight excluding hydrogens is 422 g/mol. The summed E-state index contributed by atoms with van der Waals surface area (Å²) in [6.07, 6.45) is 4.28. The molecule has 2 atom stereocenters. The molecule has 2 aromatic rings. The highest BCUT2D eigenvalue weighted by molar-refractivity contribution is 6.11. The summed E-state index contributed by atoms with van der Waals surface area (Å²) in [6, 6.07) is 10.5. The zero-order valence-electron chi connectivity index (χ0n) is 18.8. The molecule has 0 aliphatic carbocycles. The Morgan fingerprint density at radius 1 is 1.18 bits per heavy atom. The van der Waals surface area contributed by atoms with Crippen LogP contribution in [0.2, 0.25) is 0 Å². The lowest BCUT2D eigenvalue weighted by Gasteiger charge is -2.35.